The Bertz CT molecular complexity index is 219. The lowest BCUT2D eigenvalue weighted by Crippen LogP contribution is -2.50. The molecule has 0 aromatic heterocycles. The predicted octanol–water partition coefficient (Wildman–Crippen LogP) is 0.345. The van der Waals surface area contributed by atoms with Gasteiger partial charge in [0.1, 0.15) is 0 Å². The Balaban J connectivity index is 2.11. The molecule has 0 aromatic rings. The minimum absolute atomic E-state index is 0.123. The first-order valence-electron chi connectivity index (χ1n) is 4.60. The third kappa shape index (κ3) is 0.891. The summed E-state index contributed by atoms with van der Waals surface area (Å²) in [4.78, 5) is 13.6. The van der Waals surface area contributed by atoms with Gasteiger partial charge in [-0.15, -0.1) is 0 Å². The highest BCUT2D eigenvalue weighted by molar-refractivity contribution is 5.82. The van der Waals surface area contributed by atoms with E-state index < -0.39 is 0 Å². The van der Waals surface area contributed by atoms with Crippen molar-refractivity contribution in [2.75, 3.05) is 6.54 Å². The van der Waals surface area contributed by atoms with Gasteiger partial charge in [-0.3, -0.25) is 4.79 Å². The van der Waals surface area contributed by atoms with Crippen LogP contribution >= 0.6 is 0 Å². The number of carbonyl (C=O) groups is 1. The largest absolute Gasteiger partial charge is 0.336 e. The third-order valence-corrected chi connectivity index (χ3v) is 3.20. The standard InChI is InChI=1S/C9H16N2O/c1-6(10)8(12)11-5-7-3-9(11,2)4-7/h6-7H,3-5,10H2,1-2H3/t6-,7?,9?/m1/s1. The van der Waals surface area contributed by atoms with Crippen LogP contribution in [0.3, 0.4) is 0 Å². The van der Waals surface area contributed by atoms with Gasteiger partial charge in [-0.05, 0) is 32.6 Å². The molecule has 3 nitrogen and oxygen atoms in total. The molecule has 0 aromatic carbocycles. The van der Waals surface area contributed by atoms with Crippen molar-refractivity contribution in [3.8, 4) is 0 Å². The van der Waals surface area contributed by atoms with Gasteiger partial charge in [0.2, 0.25) is 5.91 Å². The Morgan fingerprint density at radius 2 is 2.25 bits per heavy atom. The number of rotatable bonds is 1. The summed E-state index contributed by atoms with van der Waals surface area (Å²) in [5, 5.41) is 0. The molecule has 2 heterocycles. The number of nitrogens with zero attached hydrogens (tertiary/aromatic N) is 1. The van der Waals surface area contributed by atoms with Gasteiger partial charge >= 0.3 is 0 Å². The summed E-state index contributed by atoms with van der Waals surface area (Å²) in [6.07, 6.45) is 2.37. The van der Waals surface area contributed by atoms with E-state index in [9.17, 15) is 4.79 Å². The Hall–Kier alpha value is -0.570. The second kappa shape index (κ2) is 2.22. The van der Waals surface area contributed by atoms with Crippen LogP contribution < -0.4 is 5.73 Å². The maximum atomic E-state index is 11.6. The van der Waals surface area contributed by atoms with Crippen LogP contribution in [0.1, 0.15) is 26.7 Å². The molecule has 2 N–H and O–H groups in total. The second-order valence-electron chi connectivity index (χ2n) is 4.51. The van der Waals surface area contributed by atoms with Crippen LogP contribution in [-0.4, -0.2) is 28.9 Å². The quantitative estimate of drug-likeness (QED) is 0.614. The van der Waals surface area contributed by atoms with Crippen LogP contribution in [0.25, 0.3) is 0 Å². The van der Waals surface area contributed by atoms with Gasteiger partial charge in [-0.25, -0.2) is 0 Å². The van der Waals surface area contributed by atoms with Crippen LogP contribution in [0, 0.1) is 5.92 Å². The second-order valence-corrected chi connectivity index (χ2v) is 4.51. The first-order valence-corrected chi connectivity index (χ1v) is 4.60. The zero-order valence-corrected chi connectivity index (χ0v) is 7.71. The van der Waals surface area contributed by atoms with Crippen molar-refractivity contribution < 1.29 is 4.79 Å². The van der Waals surface area contributed by atoms with Gasteiger partial charge in [-0.1, -0.05) is 0 Å². The molecule has 1 atom stereocenters. The number of carbonyl (C=O) groups excluding carboxylic acids is 1. The van der Waals surface area contributed by atoms with Crippen LogP contribution in [0.2, 0.25) is 0 Å². The molecule has 1 aliphatic carbocycles. The smallest absolute Gasteiger partial charge is 0.239 e. The molecule has 0 radical (unpaired) electrons. The van der Waals surface area contributed by atoms with E-state index in [4.69, 9.17) is 5.73 Å². The number of fused-ring (bicyclic) bond motifs is 1. The van der Waals surface area contributed by atoms with Gasteiger partial charge < -0.3 is 10.6 Å². The molecule has 2 aliphatic heterocycles. The normalized spacial score (nSPS) is 40.9. The summed E-state index contributed by atoms with van der Waals surface area (Å²) >= 11 is 0. The minimum atomic E-state index is -0.332. The fraction of sp³-hybridized carbons (Fsp3) is 0.889. The molecule has 2 bridgehead atoms. The van der Waals surface area contributed by atoms with Crippen molar-refractivity contribution >= 4 is 5.91 Å². The molecule has 3 heteroatoms. The molecule has 3 rings (SSSR count). The molecule has 1 saturated carbocycles. The lowest BCUT2D eigenvalue weighted by Gasteiger charge is -2.39. The highest BCUT2D eigenvalue weighted by Gasteiger charge is 2.54. The van der Waals surface area contributed by atoms with E-state index in [1.54, 1.807) is 6.92 Å². The van der Waals surface area contributed by atoms with Crippen molar-refractivity contribution in [1.82, 2.24) is 4.90 Å². The fourth-order valence-electron chi connectivity index (χ4n) is 2.61. The minimum Gasteiger partial charge on any atom is -0.336 e. The van der Waals surface area contributed by atoms with Gasteiger partial charge in [-0.2, -0.15) is 0 Å². The van der Waals surface area contributed by atoms with Crippen molar-refractivity contribution in [2.24, 2.45) is 11.7 Å². The summed E-state index contributed by atoms with van der Waals surface area (Å²) in [7, 11) is 0. The molecule has 2 saturated heterocycles. The van der Waals surface area contributed by atoms with E-state index in [1.807, 2.05) is 4.90 Å². The van der Waals surface area contributed by atoms with Gasteiger partial charge in [0, 0.05) is 12.1 Å². The third-order valence-electron chi connectivity index (χ3n) is 3.20. The molecule has 3 aliphatic rings. The zero-order chi connectivity index (χ0) is 8.93. The molecular formula is C9H16N2O. The average molecular weight is 168 g/mol. The van der Waals surface area contributed by atoms with E-state index in [0.717, 1.165) is 12.5 Å². The van der Waals surface area contributed by atoms with E-state index in [1.165, 1.54) is 12.8 Å². The van der Waals surface area contributed by atoms with Crippen molar-refractivity contribution in [3.63, 3.8) is 0 Å². The van der Waals surface area contributed by atoms with E-state index >= 15 is 0 Å². The van der Waals surface area contributed by atoms with E-state index in [2.05, 4.69) is 6.92 Å². The van der Waals surface area contributed by atoms with Crippen LogP contribution in [0.15, 0.2) is 0 Å². The van der Waals surface area contributed by atoms with Crippen LogP contribution in [0.5, 0.6) is 0 Å². The molecule has 3 fully saturated rings. The van der Waals surface area contributed by atoms with Crippen molar-refractivity contribution in [3.05, 3.63) is 0 Å². The lowest BCUT2D eigenvalue weighted by molar-refractivity contribution is -0.135. The van der Waals surface area contributed by atoms with Gasteiger partial charge in [0.15, 0.2) is 0 Å². The zero-order valence-electron chi connectivity index (χ0n) is 7.71. The predicted molar refractivity (Wildman–Crippen MR) is 46.5 cm³/mol. The molecular weight excluding hydrogens is 152 g/mol. The first-order chi connectivity index (χ1) is 5.53. The maximum absolute atomic E-state index is 11.6. The Labute approximate surface area is 72.9 Å². The topological polar surface area (TPSA) is 46.3 Å². The highest BCUT2D eigenvalue weighted by atomic mass is 16.2. The summed E-state index contributed by atoms with van der Waals surface area (Å²) in [6.45, 7) is 4.87. The van der Waals surface area contributed by atoms with Gasteiger partial charge in [0.05, 0.1) is 6.04 Å². The number of hydrogen-bond donors (Lipinski definition) is 1. The molecule has 0 spiro atoms. The molecule has 1 amide bonds. The summed E-state index contributed by atoms with van der Waals surface area (Å²) in [6, 6.07) is -0.332. The molecule has 12 heavy (non-hydrogen) atoms. The van der Waals surface area contributed by atoms with Crippen molar-refractivity contribution in [2.45, 2.75) is 38.3 Å². The average Bonchev–Trinajstić information content (AvgIpc) is 2.38. The van der Waals surface area contributed by atoms with Crippen LogP contribution in [-0.2, 0) is 4.79 Å². The highest BCUT2D eigenvalue weighted by Crippen LogP contribution is 2.50. The SMILES string of the molecule is C[C@@H](N)C(=O)N1CC2CC1(C)C2. The Morgan fingerprint density at radius 1 is 1.67 bits per heavy atom. The Kier molecular flexibility index (Phi) is 1.49. The van der Waals surface area contributed by atoms with E-state index in [0.29, 0.717) is 0 Å². The van der Waals surface area contributed by atoms with E-state index in [-0.39, 0.29) is 17.5 Å². The van der Waals surface area contributed by atoms with Crippen LogP contribution in [0.4, 0.5) is 0 Å². The lowest BCUT2D eigenvalue weighted by atomic mass is 9.75. The summed E-state index contributed by atoms with van der Waals surface area (Å²) < 4.78 is 0. The Morgan fingerprint density at radius 3 is 2.58 bits per heavy atom. The first kappa shape index (κ1) is 8.05. The number of hydrogen-bond acceptors (Lipinski definition) is 2. The van der Waals surface area contributed by atoms with Crippen molar-refractivity contribution in [1.29, 1.82) is 0 Å². The summed E-state index contributed by atoms with van der Waals surface area (Å²) in [5.41, 5.74) is 5.73. The number of nitrogens with two attached hydrogens (primary N) is 1. The monoisotopic (exact) mass is 168 g/mol. The maximum Gasteiger partial charge on any atom is 0.239 e. The summed E-state index contributed by atoms with van der Waals surface area (Å²) in [5.74, 6) is 0.884. The van der Waals surface area contributed by atoms with Gasteiger partial charge in [0.25, 0.3) is 0 Å². The molecule has 68 valence electrons. The molecule has 0 unspecified atom stereocenters. The number of amides is 1. The fourth-order valence-corrected chi connectivity index (χ4v) is 2.61.